The Balaban J connectivity index is 0. The zero-order valence-electron chi connectivity index (χ0n) is 17.5. The molecule has 2 atom stereocenters. The summed E-state index contributed by atoms with van der Waals surface area (Å²) in [5, 5.41) is 18.5. The van der Waals surface area contributed by atoms with Gasteiger partial charge in [-0.2, -0.15) is 0 Å². The number of hydrogen-bond donors (Lipinski definition) is 2. The number of allylic oxidation sites excluding steroid dienone is 1. The molecule has 0 aliphatic carbocycles. The average Bonchev–Trinajstić information content (AvgIpc) is 2.61. The number of carbonyl (C=O) groups excluding carboxylic acids is 1. The summed E-state index contributed by atoms with van der Waals surface area (Å²) in [6.07, 6.45) is 10.2. The Kier molecular flexibility index (Phi) is 19.4. The molecule has 0 aromatic carbocycles. The second-order valence-corrected chi connectivity index (χ2v) is 7.28. The Labute approximate surface area is 217 Å². The third-order valence-corrected chi connectivity index (χ3v) is 4.62. The molecular formula is C22H37KO6. The molecule has 29 heavy (non-hydrogen) atoms. The molecule has 0 rings (SSSR count). The maximum atomic E-state index is 11.8. The Bertz CT molecular complexity index is 556. The van der Waals surface area contributed by atoms with Crippen LogP contribution in [0.1, 0.15) is 85.0 Å². The van der Waals surface area contributed by atoms with Gasteiger partial charge in [0.05, 0.1) is 12.3 Å². The predicted octanol–water partition coefficient (Wildman–Crippen LogP) is 4.48. The molecule has 0 radical (unpaired) electrons. The van der Waals surface area contributed by atoms with Crippen LogP contribution in [0, 0.1) is 5.92 Å². The maximum absolute atomic E-state index is 11.8. The number of esters is 1. The zero-order chi connectivity index (χ0) is 21.5. The number of rotatable bonds is 16. The van der Waals surface area contributed by atoms with Crippen molar-refractivity contribution in [2.75, 3.05) is 0 Å². The van der Waals surface area contributed by atoms with Crippen LogP contribution in [0.25, 0.3) is 0 Å². The first kappa shape index (κ1) is 30.7. The van der Waals surface area contributed by atoms with E-state index in [0.717, 1.165) is 19.3 Å². The summed E-state index contributed by atoms with van der Waals surface area (Å²) >= 11 is 0. The van der Waals surface area contributed by atoms with E-state index < -0.39 is 36.4 Å². The van der Waals surface area contributed by atoms with Gasteiger partial charge in [-0.05, 0) is 32.3 Å². The van der Waals surface area contributed by atoms with E-state index in [1.54, 1.807) is 13.0 Å². The SMILES string of the molecule is C=C(C)C(=O)OC(C)C(=CCCCCCCCCCC)C(CC(=O)O)C(=O)O.[KH]. The van der Waals surface area contributed by atoms with Crippen molar-refractivity contribution < 1.29 is 29.3 Å². The molecule has 0 aliphatic rings. The van der Waals surface area contributed by atoms with Crippen LogP contribution in [0.4, 0.5) is 0 Å². The second kappa shape index (κ2) is 18.3. The van der Waals surface area contributed by atoms with Crippen LogP contribution >= 0.6 is 0 Å². The molecule has 0 fully saturated rings. The number of hydrogen-bond acceptors (Lipinski definition) is 4. The molecule has 0 amide bonds. The monoisotopic (exact) mass is 436 g/mol. The van der Waals surface area contributed by atoms with Crippen LogP contribution in [0.3, 0.4) is 0 Å². The fourth-order valence-corrected chi connectivity index (χ4v) is 2.99. The number of carboxylic acid groups (broad SMARTS) is 2. The third-order valence-electron chi connectivity index (χ3n) is 4.62. The molecule has 0 spiro atoms. The summed E-state index contributed by atoms with van der Waals surface area (Å²) in [6.45, 7) is 8.77. The van der Waals surface area contributed by atoms with E-state index in [1.165, 1.54) is 39.0 Å². The fourth-order valence-electron chi connectivity index (χ4n) is 2.99. The van der Waals surface area contributed by atoms with Crippen molar-refractivity contribution in [3.05, 3.63) is 23.8 Å². The van der Waals surface area contributed by atoms with Gasteiger partial charge >= 0.3 is 69.3 Å². The number of aliphatic carboxylic acids is 2. The first-order valence-corrected chi connectivity index (χ1v) is 10.2. The third kappa shape index (κ3) is 15.0. The normalized spacial score (nSPS) is 13.1. The number of unbranched alkanes of at least 4 members (excludes halogenated alkanes) is 8. The van der Waals surface area contributed by atoms with Crippen LogP contribution in [0.5, 0.6) is 0 Å². The van der Waals surface area contributed by atoms with E-state index in [1.807, 2.05) is 0 Å². The van der Waals surface area contributed by atoms with Crippen LogP contribution in [0.15, 0.2) is 23.8 Å². The molecule has 0 saturated heterocycles. The summed E-state index contributed by atoms with van der Waals surface area (Å²) < 4.78 is 5.26. The summed E-state index contributed by atoms with van der Waals surface area (Å²) in [6, 6.07) is 0. The molecule has 0 aromatic rings. The van der Waals surface area contributed by atoms with Gasteiger partial charge < -0.3 is 14.9 Å². The fraction of sp³-hybridized carbons (Fsp3) is 0.682. The second-order valence-electron chi connectivity index (χ2n) is 7.28. The molecule has 0 aliphatic heterocycles. The van der Waals surface area contributed by atoms with Gasteiger partial charge in [-0.1, -0.05) is 64.5 Å². The Hall–Kier alpha value is -0.474. The van der Waals surface area contributed by atoms with Crippen molar-refractivity contribution in [2.45, 2.75) is 91.1 Å². The van der Waals surface area contributed by atoms with Crippen LogP contribution in [-0.2, 0) is 19.1 Å². The topological polar surface area (TPSA) is 101 Å². The molecule has 0 bridgehead atoms. The van der Waals surface area contributed by atoms with E-state index in [4.69, 9.17) is 9.84 Å². The van der Waals surface area contributed by atoms with Gasteiger partial charge in [-0.25, -0.2) is 4.79 Å². The van der Waals surface area contributed by atoms with Crippen molar-refractivity contribution in [1.29, 1.82) is 0 Å². The van der Waals surface area contributed by atoms with Crippen LogP contribution < -0.4 is 0 Å². The molecule has 0 heterocycles. The summed E-state index contributed by atoms with van der Waals surface area (Å²) in [5.74, 6) is -4.28. The van der Waals surface area contributed by atoms with Crippen molar-refractivity contribution >= 4 is 69.3 Å². The van der Waals surface area contributed by atoms with Gasteiger partial charge in [0.25, 0.3) is 0 Å². The number of carbonyl (C=O) groups is 3. The van der Waals surface area contributed by atoms with Gasteiger partial charge in [0, 0.05) is 5.57 Å². The van der Waals surface area contributed by atoms with E-state index in [0.29, 0.717) is 12.0 Å². The van der Waals surface area contributed by atoms with Crippen molar-refractivity contribution in [3.8, 4) is 0 Å². The molecule has 6 nitrogen and oxygen atoms in total. The zero-order valence-corrected chi connectivity index (χ0v) is 17.5. The average molecular weight is 437 g/mol. The molecule has 0 aromatic heterocycles. The van der Waals surface area contributed by atoms with Crippen molar-refractivity contribution in [2.24, 2.45) is 5.92 Å². The Morgan fingerprint density at radius 3 is 1.97 bits per heavy atom. The predicted molar refractivity (Wildman–Crippen MR) is 116 cm³/mol. The van der Waals surface area contributed by atoms with E-state index in [-0.39, 0.29) is 57.0 Å². The Morgan fingerprint density at radius 1 is 1.00 bits per heavy atom. The summed E-state index contributed by atoms with van der Waals surface area (Å²) in [4.78, 5) is 34.5. The van der Waals surface area contributed by atoms with E-state index >= 15 is 0 Å². The first-order chi connectivity index (χ1) is 13.2. The number of ether oxygens (including phenoxy) is 1. The number of carboxylic acids is 2. The van der Waals surface area contributed by atoms with Crippen molar-refractivity contribution in [1.82, 2.24) is 0 Å². The van der Waals surface area contributed by atoms with Gasteiger partial charge in [0.15, 0.2) is 0 Å². The molecule has 162 valence electrons. The molecule has 7 heteroatoms. The molecule has 2 N–H and O–H groups in total. The summed E-state index contributed by atoms with van der Waals surface area (Å²) in [7, 11) is 0. The van der Waals surface area contributed by atoms with Gasteiger partial charge in [-0.3, -0.25) is 9.59 Å². The first-order valence-electron chi connectivity index (χ1n) is 10.2. The summed E-state index contributed by atoms with van der Waals surface area (Å²) in [5.41, 5.74) is 0.534. The van der Waals surface area contributed by atoms with Crippen LogP contribution in [0.2, 0.25) is 0 Å². The van der Waals surface area contributed by atoms with E-state index in [2.05, 4.69) is 13.5 Å². The minimum absolute atomic E-state index is 0. The molecule has 0 saturated carbocycles. The van der Waals surface area contributed by atoms with Gasteiger partial charge in [-0.15, -0.1) is 0 Å². The standard InChI is InChI=1S/C22H36O6.K.H/c1-5-6-7-8-9-10-11-12-13-14-18(17(4)28-22(27)16(2)3)19(21(25)26)15-20(23)24;;/h14,17,19H,2,5-13,15H2,1,3-4H3,(H,23,24)(H,25,26);;. The minimum atomic E-state index is -1.23. The van der Waals surface area contributed by atoms with Gasteiger partial charge in [0.2, 0.25) is 0 Å². The molecule has 2 unspecified atom stereocenters. The van der Waals surface area contributed by atoms with Crippen LogP contribution in [-0.4, -0.2) is 85.6 Å². The van der Waals surface area contributed by atoms with Crippen molar-refractivity contribution in [3.63, 3.8) is 0 Å². The van der Waals surface area contributed by atoms with Gasteiger partial charge in [0.1, 0.15) is 6.10 Å². The van der Waals surface area contributed by atoms with E-state index in [9.17, 15) is 19.5 Å². The quantitative estimate of drug-likeness (QED) is 0.122. The molecular weight excluding hydrogens is 399 g/mol. The Morgan fingerprint density at radius 2 is 1.52 bits per heavy atom.